The van der Waals surface area contributed by atoms with Gasteiger partial charge in [0.1, 0.15) is 12.1 Å². The molecular formula is C10H14FN3O. The van der Waals surface area contributed by atoms with Gasteiger partial charge in [0, 0.05) is 6.07 Å². The maximum atomic E-state index is 12.8. The highest BCUT2D eigenvalue weighted by Gasteiger charge is 2.29. The van der Waals surface area contributed by atoms with E-state index in [2.05, 4.69) is 15.3 Å². The lowest BCUT2D eigenvalue weighted by atomic mass is 10.1. The lowest BCUT2D eigenvalue weighted by molar-refractivity contribution is 0.0650. The first-order chi connectivity index (χ1) is 7.15. The fraction of sp³-hybridized carbons (Fsp3) is 0.600. The van der Waals surface area contributed by atoms with E-state index in [9.17, 15) is 4.39 Å². The second kappa shape index (κ2) is 4.10. The molecular weight excluding hydrogens is 197 g/mol. The minimum atomic E-state index is -0.521. The predicted octanol–water partition coefficient (Wildman–Crippen LogP) is 1.59. The zero-order chi connectivity index (χ0) is 10.8. The number of nitrogens with zero attached hydrogens (tertiary/aromatic N) is 2. The van der Waals surface area contributed by atoms with Gasteiger partial charge in [0.25, 0.3) is 0 Å². The molecule has 0 saturated carbocycles. The smallest absolute Gasteiger partial charge is 0.217 e. The van der Waals surface area contributed by atoms with Crippen LogP contribution in [-0.2, 0) is 4.74 Å². The van der Waals surface area contributed by atoms with Crippen molar-refractivity contribution >= 4 is 5.82 Å². The van der Waals surface area contributed by atoms with Gasteiger partial charge in [0.2, 0.25) is 5.95 Å². The summed E-state index contributed by atoms with van der Waals surface area (Å²) < 4.78 is 18.4. The van der Waals surface area contributed by atoms with Crippen LogP contribution in [0.1, 0.15) is 20.3 Å². The monoisotopic (exact) mass is 211 g/mol. The van der Waals surface area contributed by atoms with Crippen molar-refractivity contribution in [3.63, 3.8) is 0 Å². The van der Waals surface area contributed by atoms with Crippen LogP contribution < -0.4 is 5.32 Å². The van der Waals surface area contributed by atoms with E-state index >= 15 is 0 Å². The molecule has 1 N–H and O–H groups in total. The summed E-state index contributed by atoms with van der Waals surface area (Å²) in [6.45, 7) is 4.03. The molecule has 5 heteroatoms. The highest BCUT2D eigenvalue weighted by atomic mass is 19.1. The third-order valence-electron chi connectivity index (χ3n) is 2.57. The molecule has 1 aromatic heterocycles. The Labute approximate surface area is 87.9 Å². The van der Waals surface area contributed by atoms with Gasteiger partial charge >= 0.3 is 0 Å². The van der Waals surface area contributed by atoms with Gasteiger partial charge in [-0.2, -0.15) is 4.39 Å². The number of hydrogen-bond acceptors (Lipinski definition) is 4. The Kier molecular flexibility index (Phi) is 2.81. The predicted molar refractivity (Wildman–Crippen MR) is 54.0 cm³/mol. The van der Waals surface area contributed by atoms with Crippen molar-refractivity contribution in [3.8, 4) is 0 Å². The molecule has 1 saturated heterocycles. The SMILES string of the molecule is CC1CC(Nc2cc(F)ncn2)C(C)O1. The zero-order valence-corrected chi connectivity index (χ0v) is 8.77. The first kappa shape index (κ1) is 10.3. The molecule has 1 aliphatic heterocycles. The molecule has 1 aromatic rings. The van der Waals surface area contributed by atoms with E-state index in [1.165, 1.54) is 12.4 Å². The molecule has 0 spiro atoms. The molecule has 1 aliphatic rings. The number of rotatable bonds is 2. The van der Waals surface area contributed by atoms with Crippen molar-refractivity contribution in [2.24, 2.45) is 0 Å². The summed E-state index contributed by atoms with van der Waals surface area (Å²) in [6, 6.07) is 1.48. The van der Waals surface area contributed by atoms with Crippen molar-refractivity contribution in [1.29, 1.82) is 0 Å². The van der Waals surface area contributed by atoms with Crippen LogP contribution in [0.2, 0.25) is 0 Å². The molecule has 0 bridgehead atoms. The van der Waals surface area contributed by atoms with Crippen molar-refractivity contribution in [2.75, 3.05) is 5.32 Å². The normalized spacial score (nSPS) is 30.5. The number of ether oxygens (including phenoxy) is 1. The van der Waals surface area contributed by atoms with Crippen LogP contribution in [0.3, 0.4) is 0 Å². The fourth-order valence-electron chi connectivity index (χ4n) is 1.84. The van der Waals surface area contributed by atoms with Crippen LogP contribution in [0.4, 0.5) is 10.2 Å². The third kappa shape index (κ3) is 2.41. The summed E-state index contributed by atoms with van der Waals surface area (Å²) in [5, 5.41) is 3.15. The van der Waals surface area contributed by atoms with Crippen LogP contribution in [0.15, 0.2) is 12.4 Å². The van der Waals surface area contributed by atoms with Crippen molar-refractivity contribution < 1.29 is 9.13 Å². The molecule has 0 radical (unpaired) electrons. The summed E-state index contributed by atoms with van der Waals surface area (Å²) in [4.78, 5) is 7.34. The fourth-order valence-corrected chi connectivity index (χ4v) is 1.84. The average Bonchev–Trinajstić information content (AvgIpc) is 2.45. The van der Waals surface area contributed by atoms with E-state index in [1.807, 2.05) is 13.8 Å². The highest BCUT2D eigenvalue weighted by molar-refractivity contribution is 5.34. The minimum absolute atomic E-state index is 0.123. The second-order valence-corrected chi connectivity index (χ2v) is 3.86. The standard InChI is InChI=1S/C10H14FN3O/c1-6-3-8(7(2)15-6)14-10-4-9(11)12-5-13-10/h4-8H,3H2,1-2H3,(H,12,13,14). The maximum Gasteiger partial charge on any atom is 0.217 e. The lowest BCUT2D eigenvalue weighted by Crippen LogP contribution is -2.27. The second-order valence-electron chi connectivity index (χ2n) is 3.86. The van der Waals surface area contributed by atoms with Gasteiger partial charge in [-0.25, -0.2) is 9.97 Å². The molecule has 2 rings (SSSR count). The Bertz CT molecular complexity index is 347. The van der Waals surface area contributed by atoms with Gasteiger partial charge in [0.15, 0.2) is 0 Å². The molecule has 0 amide bonds. The van der Waals surface area contributed by atoms with Crippen molar-refractivity contribution in [1.82, 2.24) is 9.97 Å². The molecule has 0 aliphatic carbocycles. The first-order valence-electron chi connectivity index (χ1n) is 5.04. The van der Waals surface area contributed by atoms with Crippen LogP contribution in [0, 0.1) is 5.95 Å². The largest absolute Gasteiger partial charge is 0.373 e. The number of anilines is 1. The zero-order valence-electron chi connectivity index (χ0n) is 8.77. The summed E-state index contributed by atoms with van der Waals surface area (Å²) in [5.74, 6) is -0.0100. The van der Waals surface area contributed by atoms with E-state index in [0.717, 1.165) is 6.42 Å². The molecule has 3 atom stereocenters. The number of aromatic nitrogens is 2. The van der Waals surface area contributed by atoms with Crippen molar-refractivity contribution in [2.45, 2.75) is 38.5 Å². The maximum absolute atomic E-state index is 12.8. The van der Waals surface area contributed by atoms with Crippen LogP contribution >= 0.6 is 0 Å². The molecule has 0 aromatic carbocycles. The number of hydrogen-bond donors (Lipinski definition) is 1. The Morgan fingerprint density at radius 2 is 2.27 bits per heavy atom. The summed E-state index contributed by atoms with van der Waals surface area (Å²) >= 11 is 0. The van der Waals surface area contributed by atoms with Gasteiger partial charge in [-0.05, 0) is 20.3 Å². The lowest BCUT2D eigenvalue weighted by Gasteiger charge is -2.15. The van der Waals surface area contributed by atoms with Crippen molar-refractivity contribution in [3.05, 3.63) is 18.3 Å². The average molecular weight is 211 g/mol. The minimum Gasteiger partial charge on any atom is -0.373 e. The van der Waals surface area contributed by atoms with Gasteiger partial charge in [0.05, 0.1) is 18.2 Å². The Morgan fingerprint density at radius 1 is 1.47 bits per heavy atom. The summed E-state index contributed by atoms with van der Waals surface area (Å²) in [5.41, 5.74) is 0. The number of nitrogens with one attached hydrogen (secondary N) is 1. The van der Waals surface area contributed by atoms with E-state index in [1.54, 1.807) is 0 Å². The summed E-state index contributed by atoms with van der Waals surface area (Å²) in [6.07, 6.45) is 2.48. The Hall–Kier alpha value is -1.23. The number of halogens is 1. The third-order valence-corrected chi connectivity index (χ3v) is 2.57. The molecule has 2 heterocycles. The van der Waals surface area contributed by atoms with E-state index in [-0.39, 0.29) is 18.2 Å². The van der Waals surface area contributed by atoms with E-state index in [4.69, 9.17) is 4.74 Å². The van der Waals surface area contributed by atoms with Gasteiger partial charge < -0.3 is 10.1 Å². The van der Waals surface area contributed by atoms with Crippen LogP contribution in [0.5, 0.6) is 0 Å². The Balaban J connectivity index is 2.03. The Morgan fingerprint density at radius 3 is 2.87 bits per heavy atom. The van der Waals surface area contributed by atoms with Gasteiger partial charge in [-0.3, -0.25) is 0 Å². The first-order valence-corrected chi connectivity index (χ1v) is 5.04. The highest BCUT2D eigenvalue weighted by Crippen LogP contribution is 2.22. The molecule has 3 unspecified atom stereocenters. The summed E-state index contributed by atoms with van der Waals surface area (Å²) in [7, 11) is 0. The molecule has 82 valence electrons. The molecule has 4 nitrogen and oxygen atoms in total. The van der Waals surface area contributed by atoms with E-state index < -0.39 is 5.95 Å². The molecule has 1 fully saturated rings. The molecule has 15 heavy (non-hydrogen) atoms. The topological polar surface area (TPSA) is 47.0 Å². The van der Waals surface area contributed by atoms with Gasteiger partial charge in [-0.1, -0.05) is 0 Å². The quantitative estimate of drug-likeness (QED) is 0.755. The van der Waals surface area contributed by atoms with Crippen LogP contribution in [0.25, 0.3) is 0 Å². The van der Waals surface area contributed by atoms with Crippen LogP contribution in [-0.4, -0.2) is 28.2 Å². The van der Waals surface area contributed by atoms with Gasteiger partial charge in [-0.15, -0.1) is 0 Å². The van der Waals surface area contributed by atoms with E-state index in [0.29, 0.717) is 5.82 Å².